The lowest BCUT2D eigenvalue weighted by atomic mass is 10.2. The Labute approximate surface area is 101 Å². The fourth-order valence-electron chi connectivity index (χ4n) is 1.27. The number of nitrogens with two attached hydrogens (primary N) is 1. The maximum absolute atomic E-state index is 11.2. The molecule has 0 bridgehead atoms. The van der Waals surface area contributed by atoms with Crippen LogP contribution in [0, 0.1) is 0 Å². The van der Waals surface area contributed by atoms with Gasteiger partial charge in [-0.15, -0.1) is 10.2 Å². The van der Waals surface area contributed by atoms with E-state index in [1.54, 1.807) is 19.2 Å². The molecule has 1 rings (SSSR count). The van der Waals surface area contributed by atoms with Gasteiger partial charge in [-0.2, -0.15) is 0 Å². The van der Waals surface area contributed by atoms with Crippen LogP contribution < -0.4 is 16.4 Å². The van der Waals surface area contributed by atoms with Crippen LogP contribution in [0.1, 0.15) is 30.3 Å². The molecule has 0 fully saturated rings. The number of rotatable bonds is 6. The molecule has 1 atom stereocenters. The summed E-state index contributed by atoms with van der Waals surface area (Å²) < 4.78 is 0. The maximum atomic E-state index is 11.2. The molecular formula is C11H19N5O. The molecule has 0 saturated carbocycles. The first-order valence-corrected chi connectivity index (χ1v) is 5.72. The van der Waals surface area contributed by atoms with Crippen molar-refractivity contribution in [1.29, 1.82) is 0 Å². The van der Waals surface area contributed by atoms with Gasteiger partial charge in [0, 0.05) is 19.6 Å². The number of anilines is 1. The molecule has 1 amide bonds. The molecule has 17 heavy (non-hydrogen) atoms. The van der Waals surface area contributed by atoms with E-state index >= 15 is 0 Å². The van der Waals surface area contributed by atoms with Crippen molar-refractivity contribution in [1.82, 2.24) is 15.5 Å². The van der Waals surface area contributed by atoms with Crippen LogP contribution in [0.4, 0.5) is 5.82 Å². The highest BCUT2D eigenvalue weighted by atomic mass is 16.1. The van der Waals surface area contributed by atoms with Gasteiger partial charge in [-0.3, -0.25) is 4.79 Å². The van der Waals surface area contributed by atoms with Gasteiger partial charge in [0.05, 0.1) is 0 Å². The normalized spacial score (nSPS) is 11.9. The van der Waals surface area contributed by atoms with E-state index in [1.807, 2.05) is 0 Å². The summed E-state index contributed by atoms with van der Waals surface area (Å²) in [6, 6.07) is 3.57. The molecule has 0 aromatic carbocycles. The van der Waals surface area contributed by atoms with Gasteiger partial charge in [0.15, 0.2) is 5.69 Å². The summed E-state index contributed by atoms with van der Waals surface area (Å²) in [6.45, 7) is 2.81. The molecule has 4 N–H and O–H groups in total. The van der Waals surface area contributed by atoms with Crippen LogP contribution in [-0.2, 0) is 0 Å². The third-order valence-electron chi connectivity index (χ3n) is 2.47. The number of carbonyl (C=O) groups is 1. The summed E-state index contributed by atoms with van der Waals surface area (Å²) in [6.07, 6.45) is 1.85. The maximum Gasteiger partial charge on any atom is 0.271 e. The second kappa shape index (κ2) is 6.80. The molecule has 0 aliphatic heterocycles. The van der Waals surface area contributed by atoms with Crippen molar-refractivity contribution in [3.8, 4) is 0 Å². The van der Waals surface area contributed by atoms with Gasteiger partial charge >= 0.3 is 0 Å². The van der Waals surface area contributed by atoms with Gasteiger partial charge in [-0.1, -0.05) is 6.92 Å². The van der Waals surface area contributed by atoms with Crippen molar-refractivity contribution >= 4 is 11.7 Å². The van der Waals surface area contributed by atoms with Crippen molar-refractivity contribution in [2.24, 2.45) is 5.73 Å². The van der Waals surface area contributed by atoms with Crippen LogP contribution >= 0.6 is 0 Å². The lowest BCUT2D eigenvalue weighted by molar-refractivity contribution is 0.0957. The quantitative estimate of drug-likeness (QED) is 0.665. The van der Waals surface area contributed by atoms with Gasteiger partial charge in [0.1, 0.15) is 5.82 Å². The zero-order valence-electron chi connectivity index (χ0n) is 10.2. The summed E-state index contributed by atoms with van der Waals surface area (Å²) in [7, 11) is 1.56. The van der Waals surface area contributed by atoms with Gasteiger partial charge in [0.2, 0.25) is 0 Å². The molecule has 0 aliphatic carbocycles. The van der Waals surface area contributed by atoms with Gasteiger partial charge in [0.25, 0.3) is 5.91 Å². The predicted molar refractivity (Wildman–Crippen MR) is 66.8 cm³/mol. The highest BCUT2D eigenvalue weighted by Gasteiger charge is 2.05. The third kappa shape index (κ3) is 4.36. The van der Waals surface area contributed by atoms with Crippen LogP contribution in [0.25, 0.3) is 0 Å². The lowest BCUT2D eigenvalue weighted by Gasteiger charge is -2.09. The first-order chi connectivity index (χ1) is 8.17. The van der Waals surface area contributed by atoms with Crippen LogP contribution in [0.2, 0.25) is 0 Å². The molecule has 94 valence electrons. The van der Waals surface area contributed by atoms with Gasteiger partial charge < -0.3 is 16.4 Å². The van der Waals surface area contributed by atoms with Crippen molar-refractivity contribution in [3.05, 3.63) is 17.8 Å². The molecule has 1 heterocycles. The van der Waals surface area contributed by atoms with E-state index in [1.165, 1.54) is 0 Å². The van der Waals surface area contributed by atoms with Crippen molar-refractivity contribution in [3.63, 3.8) is 0 Å². The fraction of sp³-hybridized carbons (Fsp3) is 0.545. The molecule has 6 heteroatoms. The minimum atomic E-state index is -0.239. The highest BCUT2D eigenvalue weighted by molar-refractivity contribution is 5.91. The van der Waals surface area contributed by atoms with E-state index in [-0.39, 0.29) is 11.9 Å². The first kappa shape index (κ1) is 13.4. The Morgan fingerprint density at radius 3 is 2.76 bits per heavy atom. The Morgan fingerprint density at radius 1 is 1.47 bits per heavy atom. The number of aromatic nitrogens is 2. The summed E-state index contributed by atoms with van der Waals surface area (Å²) in [5.41, 5.74) is 6.10. The van der Waals surface area contributed by atoms with Crippen molar-refractivity contribution in [2.45, 2.75) is 25.8 Å². The summed E-state index contributed by atoms with van der Waals surface area (Å²) >= 11 is 0. The molecule has 6 nitrogen and oxygen atoms in total. The SMILES string of the molecule is CCC(N)CCNc1ccc(C(=O)NC)nn1. The number of hydrogen-bond donors (Lipinski definition) is 3. The van der Waals surface area contributed by atoms with Crippen LogP contribution in [-0.4, -0.2) is 35.7 Å². The Hall–Kier alpha value is -1.69. The van der Waals surface area contributed by atoms with Crippen LogP contribution in [0.15, 0.2) is 12.1 Å². The van der Waals surface area contributed by atoms with E-state index in [9.17, 15) is 4.79 Å². The molecule has 0 saturated heterocycles. The molecule has 0 radical (unpaired) electrons. The zero-order valence-corrected chi connectivity index (χ0v) is 10.2. The number of nitrogens with zero attached hydrogens (tertiary/aromatic N) is 2. The largest absolute Gasteiger partial charge is 0.369 e. The third-order valence-corrected chi connectivity index (χ3v) is 2.47. The van der Waals surface area contributed by atoms with Gasteiger partial charge in [-0.25, -0.2) is 0 Å². The topological polar surface area (TPSA) is 92.9 Å². The number of hydrogen-bond acceptors (Lipinski definition) is 5. The molecular weight excluding hydrogens is 218 g/mol. The molecule has 1 unspecified atom stereocenters. The van der Waals surface area contributed by atoms with E-state index < -0.39 is 0 Å². The summed E-state index contributed by atoms with van der Waals surface area (Å²) in [5, 5.41) is 13.3. The molecule has 1 aromatic heterocycles. The zero-order chi connectivity index (χ0) is 12.7. The minimum absolute atomic E-state index is 0.209. The van der Waals surface area contributed by atoms with Crippen molar-refractivity contribution in [2.75, 3.05) is 18.9 Å². The van der Waals surface area contributed by atoms with E-state index in [2.05, 4.69) is 27.8 Å². The van der Waals surface area contributed by atoms with Gasteiger partial charge in [-0.05, 0) is 25.0 Å². The van der Waals surface area contributed by atoms with E-state index in [0.29, 0.717) is 11.5 Å². The first-order valence-electron chi connectivity index (χ1n) is 5.72. The monoisotopic (exact) mass is 237 g/mol. The Bertz CT molecular complexity index is 351. The van der Waals surface area contributed by atoms with E-state index in [0.717, 1.165) is 19.4 Å². The van der Waals surface area contributed by atoms with Crippen molar-refractivity contribution < 1.29 is 4.79 Å². The van der Waals surface area contributed by atoms with Crippen LogP contribution in [0.3, 0.4) is 0 Å². The Balaban J connectivity index is 2.43. The average molecular weight is 237 g/mol. The lowest BCUT2D eigenvalue weighted by Crippen LogP contribution is -2.22. The molecule has 1 aromatic rings. The Morgan fingerprint density at radius 2 is 2.24 bits per heavy atom. The fourth-order valence-corrected chi connectivity index (χ4v) is 1.27. The second-order valence-electron chi connectivity index (χ2n) is 3.77. The highest BCUT2D eigenvalue weighted by Crippen LogP contribution is 2.02. The average Bonchev–Trinajstić information content (AvgIpc) is 2.38. The summed E-state index contributed by atoms with van der Waals surface area (Å²) in [5.74, 6) is 0.415. The standard InChI is InChI=1S/C11H19N5O/c1-3-8(12)6-7-14-10-5-4-9(15-16-10)11(17)13-2/h4-5,8H,3,6-7,12H2,1-2H3,(H,13,17)(H,14,16). The number of carbonyl (C=O) groups excluding carboxylic acids is 1. The minimum Gasteiger partial charge on any atom is -0.369 e. The number of amides is 1. The predicted octanol–water partition coefficient (Wildman–Crippen LogP) is 0.375. The summed E-state index contributed by atoms with van der Waals surface area (Å²) in [4.78, 5) is 11.2. The molecule has 0 aliphatic rings. The molecule has 0 spiro atoms. The van der Waals surface area contributed by atoms with Crippen LogP contribution in [0.5, 0.6) is 0 Å². The number of nitrogens with one attached hydrogen (secondary N) is 2. The van der Waals surface area contributed by atoms with E-state index in [4.69, 9.17) is 5.73 Å². The second-order valence-corrected chi connectivity index (χ2v) is 3.77. The smallest absolute Gasteiger partial charge is 0.271 e. The Kier molecular flexibility index (Phi) is 5.35.